The first-order valence-electron chi connectivity index (χ1n) is 10.4. The Morgan fingerprint density at radius 1 is 0.871 bits per heavy atom. The normalized spacial score (nSPS) is 10.6. The lowest BCUT2D eigenvalue weighted by molar-refractivity contribution is 0.0954. The maximum absolute atomic E-state index is 12.5. The van der Waals surface area contributed by atoms with Gasteiger partial charge in [-0.2, -0.15) is 0 Å². The summed E-state index contributed by atoms with van der Waals surface area (Å²) in [5, 5.41) is 2.97. The monoisotopic (exact) mass is 411 g/mol. The van der Waals surface area contributed by atoms with E-state index in [1.54, 1.807) is 18.3 Å². The summed E-state index contributed by atoms with van der Waals surface area (Å²) in [5.74, 6) is 1.59. The lowest BCUT2D eigenvalue weighted by Gasteiger charge is -2.10. The fourth-order valence-corrected chi connectivity index (χ4v) is 3.33. The van der Waals surface area contributed by atoms with E-state index in [4.69, 9.17) is 4.74 Å². The highest BCUT2D eigenvalue weighted by Crippen LogP contribution is 2.14. The van der Waals surface area contributed by atoms with Gasteiger partial charge in [0.1, 0.15) is 18.2 Å². The molecule has 4 aromatic rings. The number of carbonyl (C=O) groups excluding carboxylic acids is 1. The Hall–Kier alpha value is -3.86. The van der Waals surface area contributed by atoms with Crippen molar-refractivity contribution in [1.29, 1.82) is 0 Å². The molecule has 0 saturated carbocycles. The van der Waals surface area contributed by atoms with E-state index >= 15 is 0 Å². The minimum atomic E-state index is -0.101. The number of amides is 1. The fraction of sp³-hybridized carbons (Fsp3) is 0.154. The second-order valence-corrected chi connectivity index (χ2v) is 7.26. The quantitative estimate of drug-likeness (QED) is 0.442. The van der Waals surface area contributed by atoms with E-state index in [0.29, 0.717) is 25.1 Å². The fourth-order valence-electron chi connectivity index (χ4n) is 3.33. The molecule has 1 heterocycles. The van der Waals surface area contributed by atoms with Crippen molar-refractivity contribution < 1.29 is 9.53 Å². The van der Waals surface area contributed by atoms with Crippen molar-refractivity contribution in [2.75, 3.05) is 6.54 Å². The molecular formula is C26H25N3O2. The van der Waals surface area contributed by atoms with Crippen LogP contribution in [0.25, 0.3) is 0 Å². The molecular weight excluding hydrogens is 386 g/mol. The predicted octanol–water partition coefficient (Wildman–Crippen LogP) is 4.48. The van der Waals surface area contributed by atoms with Gasteiger partial charge in [-0.3, -0.25) is 4.79 Å². The number of aromatic nitrogens is 2. The first-order valence-corrected chi connectivity index (χ1v) is 10.4. The van der Waals surface area contributed by atoms with Gasteiger partial charge in [-0.1, -0.05) is 60.7 Å². The van der Waals surface area contributed by atoms with Crippen molar-refractivity contribution in [2.24, 2.45) is 0 Å². The lowest BCUT2D eigenvalue weighted by Crippen LogP contribution is -2.26. The smallest absolute Gasteiger partial charge is 0.251 e. The van der Waals surface area contributed by atoms with Gasteiger partial charge >= 0.3 is 0 Å². The standard InChI is InChI=1S/C26H25N3O2/c30-26(23-11-13-24(14-12-23)31-20-22-9-5-2-6-10-22)28-16-15-25-27-17-18-29(25)19-21-7-3-1-4-8-21/h1-14,17-18H,15-16,19-20H2,(H,28,30). The Kier molecular flexibility index (Phi) is 6.75. The summed E-state index contributed by atoms with van der Waals surface area (Å²) in [6, 6.07) is 27.5. The molecule has 5 nitrogen and oxygen atoms in total. The number of hydrogen-bond donors (Lipinski definition) is 1. The van der Waals surface area contributed by atoms with E-state index in [9.17, 15) is 4.79 Å². The maximum Gasteiger partial charge on any atom is 0.251 e. The first kappa shape index (κ1) is 20.4. The molecule has 0 aliphatic rings. The zero-order valence-corrected chi connectivity index (χ0v) is 17.3. The van der Waals surface area contributed by atoms with Gasteiger partial charge in [-0.05, 0) is 35.4 Å². The van der Waals surface area contributed by atoms with Crippen LogP contribution in [0.5, 0.6) is 5.75 Å². The minimum Gasteiger partial charge on any atom is -0.489 e. The highest BCUT2D eigenvalue weighted by Gasteiger charge is 2.08. The van der Waals surface area contributed by atoms with Gasteiger partial charge in [0.05, 0.1) is 0 Å². The van der Waals surface area contributed by atoms with E-state index < -0.39 is 0 Å². The molecule has 3 aromatic carbocycles. The second kappa shape index (κ2) is 10.3. The number of benzene rings is 3. The second-order valence-electron chi connectivity index (χ2n) is 7.26. The highest BCUT2D eigenvalue weighted by molar-refractivity contribution is 5.94. The average Bonchev–Trinajstić information content (AvgIpc) is 3.26. The molecule has 0 bridgehead atoms. The summed E-state index contributed by atoms with van der Waals surface area (Å²) in [7, 11) is 0. The molecule has 0 fully saturated rings. The Morgan fingerprint density at radius 2 is 1.55 bits per heavy atom. The summed E-state index contributed by atoms with van der Waals surface area (Å²) in [6.45, 7) is 1.80. The van der Waals surface area contributed by atoms with Gasteiger partial charge in [0.2, 0.25) is 0 Å². The van der Waals surface area contributed by atoms with Gasteiger partial charge in [-0.15, -0.1) is 0 Å². The minimum absolute atomic E-state index is 0.101. The van der Waals surface area contributed by atoms with Crippen molar-refractivity contribution >= 4 is 5.91 Å². The number of imidazole rings is 1. The van der Waals surface area contributed by atoms with Crippen LogP contribution in [0, 0.1) is 0 Å². The molecule has 4 rings (SSSR count). The molecule has 0 saturated heterocycles. The van der Waals surface area contributed by atoms with Gasteiger partial charge in [0.25, 0.3) is 5.91 Å². The summed E-state index contributed by atoms with van der Waals surface area (Å²) in [5.41, 5.74) is 2.94. The van der Waals surface area contributed by atoms with Crippen LogP contribution < -0.4 is 10.1 Å². The predicted molar refractivity (Wildman–Crippen MR) is 121 cm³/mol. The third-order valence-electron chi connectivity index (χ3n) is 5.00. The van der Waals surface area contributed by atoms with Gasteiger partial charge in [-0.25, -0.2) is 4.98 Å². The van der Waals surface area contributed by atoms with Crippen molar-refractivity contribution in [2.45, 2.75) is 19.6 Å². The Balaban J connectivity index is 1.25. The molecule has 5 heteroatoms. The third kappa shape index (κ3) is 5.82. The van der Waals surface area contributed by atoms with Gasteiger partial charge in [0, 0.05) is 37.5 Å². The number of nitrogens with zero attached hydrogens (tertiary/aromatic N) is 2. The zero-order valence-electron chi connectivity index (χ0n) is 17.3. The van der Waals surface area contributed by atoms with E-state index in [1.165, 1.54) is 5.56 Å². The number of hydrogen-bond acceptors (Lipinski definition) is 3. The van der Waals surface area contributed by atoms with Crippen LogP contribution >= 0.6 is 0 Å². The average molecular weight is 412 g/mol. The van der Waals surface area contributed by atoms with E-state index in [1.807, 2.05) is 66.9 Å². The summed E-state index contributed by atoms with van der Waals surface area (Å²) >= 11 is 0. The first-order chi connectivity index (χ1) is 15.3. The van der Waals surface area contributed by atoms with Crippen LogP contribution in [-0.4, -0.2) is 22.0 Å². The molecule has 1 N–H and O–H groups in total. The Bertz CT molecular complexity index is 1090. The van der Waals surface area contributed by atoms with Crippen LogP contribution in [0.2, 0.25) is 0 Å². The SMILES string of the molecule is O=C(NCCc1nccn1Cc1ccccc1)c1ccc(OCc2ccccc2)cc1. The van der Waals surface area contributed by atoms with E-state index in [-0.39, 0.29) is 5.91 Å². The zero-order chi connectivity index (χ0) is 21.3. The Labute approximate surface area is 182 Å². The summed E-state index contributed by atoms with van der Waals surface area (Å²) in [6.07, 6.45) is 4.44. The van der Waals surface area contributed by atoms with Gasteiger partial charge < -0.3 is 14.6 Å². The summed E-state index contributed by atoms with van der Waals surface area (Å²) in [4.78, 5) is 16.9. The van der Waals surface area contributed by atoms with E-state index in [2.05, 4.69) is 27.0 Å². The largest absolute Gasteiger partial charge is 0.489 e. The maximum atomic E-state index is 12.5. The molecule has 0 radical (unpaired) electrons. The number of nitrogens with one attached hydrogen (secondary N) is 1. The number of ether oxygens (including phenoxy) is 1. The highest BCUT2D eigenvalue weighted by atomic mass is 16.5. The molecule has 0 atom stereocenters. The van der Waals surface area contributed by atoms with E-state index in [0.717, 1.165) is 23.7 Å². The van der Waals surface area contributed by atoms with Crippen LogP contribution in [0.3, 0.4) is 0 Å². The van der Waals surface area contributed by atoms with Crippen molar-refractivity contribution in [1.82, 2.24) is 14.9 Å². The summed E-state index contributed by atoms with van der Waals surface area (Å²) < 4.78 is 7.89. The molecule has 0 aliphatic carbocycles. The van der Waals surface area contributed by atoms with Crippen LogP contribution in [-0.2, 0) is 19.6 Å². The third-order valence-corrected chi connectivity index (χ3v) is 5.00. The van der Waals surface area contributed by atoms with Crippen molar-refractivity contribution in [3.63, 3.8) is 0 Å². The molecule has 1 amide bonds. The number of rotatable bonds is 9. The van der Waals surface area contributed by atoms with Crippen molar-refractivity contribution in [3.8, 4) is 5.75 Å². The molecule has 1 aromatic heterocycles. The Morgan fingerprint density at radius 3 is 2.26 bits per heavy atom. The molecule has 31 heavy (non-hydrogen) atoms. The molecule has 156 valence electrons. The van der Waals surface area contributed by atoms with Crippen LogP contribution in [0.4, 0.5) is 0 Å². The van der Waals surface area contributed by atoms with Crippen molar-refractivity contribution in [3.05, 3.63) is 120 Å². The molecule has 0 spiro atoms. The number of carbonyl (C=O) groups is 1. The molecule has 0 unspecified atom stereocenters. The topological polar surface area (TPSA) is 56.2 Å². The van der Waals surface area contributed by atoms with Crippen LogP contribution in [0.15, 0.2) is 97.3 Å². The van der Waals surface area contributed by atoms with Crippen LogP contribution in [0.1, 0.15) is 27.3 Å². The lowest BCUT2D eigenvalue weighted by atomic mass is 10.2. The van der Waals surface area contributed by atoms with Gasteiger partial charge in [0.15, 0.2) is 0 Å². The molecule has 0 aliphatic heterocycles.